The Hall–Kier alpha value is -2.25. The van der Waals surface area contributed by atoms with Gasteiger partial charge in [0.1, 0.15) is 0 Å². The lowest BCUT2D eigenvalue weighted by atomic mass is 10.1. The second kappa shape index (κ2) is 8.40. The first-order valence-electron chi connectivity index (χ1n) is 7.53. The van der Waals surface area contributed by atoms with Crippen LogP contribution in [0.4, 0.5) is 5.69 Å². The van der Waals surface area contributed by atoms with Gasteiger partial charge in [-0.05, 0) is 5.56 Å². The maximum absolute atomic E-state index is 12.5. The van der Waals surface area contributed by atoms with Crippen LogP contribution in [0.1, 0.15) is 12.0 Å². The molecule has 1 aromatic carbocycles. The smallest absolute Gasteiger partial charge is 0.269 e. The molecule has 0 radical (unpaired) electrons. The first-order valence-corrected chi connectivity index (χ1v) is 7.53. The fourth-order valence-corrected chi connectivity index (χ4v) is 2.49. The average Bonchev–Trinajstić information content (AvgIpc) is 2.55. The molecule has 1 aromatic rings. The number of benzene rings is 1. The maximum atomic E-state index is 12.5. The predicted molar refractivity (Wildman–Crippen MR) is 85.9 cm³/mol. The largest absolute Gasteiger partial charge is 0.378 e. The lowest BCUT2D eigenvalue weighted by Crippen LogP contribution is -2.45. The molecular weight excluding hydrogens is 298 g/mol. The number of carbonyl (C=O) groups is 1. The van der Waals surface area contributed by atoms with E-state index in [2.05, 4.69) is 11.9 Å². The maximum Gasteiger partial charge on any atom is 0.269 e. The Morgan fingerprint density at radius 2 is 2.39 bits per heavy atom. The van der Waals surface area contributed by atoms with Crippen LogP contribution in [-0.2, 0) is 16.1 Å². The number of rotatable bonds is 7. The predicted octanol–water partition coefficient (Wildman–Crippen LogP) is 1.49. The van der Waals surface area contributed by atoms with Gasteiger partial charge in [-0.2, -0.15) is 0 Å². The molecule has 1 aliphatic rings. The third kappa shape index (κ3) is 5.15. The fraction of sp³-hybridized carbons (Fsp3) is 0.438. The highest BCUT2D eigenvalue weighted by Gasteiger charge is 2.21. The van der Waals surface area contributed by atoms with Crippen molar-refractivity contribution in [1.82, 2.24) is 10.2 Å². The van der Waals surface area contributed by atoms with Crippen LogP contribution < -0.4 is 5.32 Å². The molecule has 0 saturated carbocycles. The number of carbonyl (C=O) groups excluding carboxylic acids is 1. The molecule has 0 bridgehead atoms. The fourth-order valence-electron chi connectivity index (χ4n) is 2.49. The van der Waals surface area contributed by atoms with E-state index in [1.54, 1.807) is 23.1 Å². The zero-order chi connectivity index (χ0) is 16.7. The molecule has 2 rings (SSSR count). The van der Waals surface area contributed by atoms with Crippen LogP contribution in [0.2, 0.25) is 0 Å². The minimum absolute atomic E-state index is 0.00803. The second-order valence-electron chi connectivity index (χ2n) is 5.42. The Labute approximate surface area is 135 Å². The van der Waals surface area contributed by atoms with E-state index in [1.807, 2.05) is 0 Å². The van der Waals surface area contributed by atoms with Crippen molar-refractivity contribution in [2.24, 2.45) is 0 Å². The third-order valence-electron chi connectivity index (χ3n) is 3.62. The summed E-state index contributed by atoms with van der Waals surface area (Å²) < 4.78 is 5.35. The number of amides is 1. The Morgan fingerprint density at radius 3 is 3.04 bits per heavy atom. The zero-order valence-corrected chi connectivity index (χ0v) is 12.9. The van der Waals surface area contributed by atoms with Crippen molar-refractivity contribution in [2.45, 2.75) is 19.0 Å². The molecule has 0 spiro atoms. The summed E-state index contributed by atoms with van der Waals surface area (Å²) in [6.07, 6.45) is 1.99. The number of nitrogens with one attached hydrogen (secondary N) is 1. The van der Waals surface area contributed by atoms with Gasteiger partial charge in [0.05, 0.1) is 18.1 Å². The highest BCUT2D eigenvalue weighted by molar-refractivity contribution is 5.77. The van der Waals surface area contributed by atoms with Crippen LogP contribution in [0.5, 0.6) is 0 Å². The van der Waals surface area contributed by atoms with E-state index in [9.17, 15) is 14.9 Å². The van der Waals surface area contributed by atoms with Crippen LogP contribution in [0.3, 0.4) is 0 Å². The minimum atomic E-state index is -0.438. The van der Waals surface area contributed by atoms with Crippen molar-refractivity contribution in [3.05, 3.63) is 52.6 Å². The van der Waals surface area contributed by atoms with E-state index >= 15 is 0 Å². The standard InChI is InChI=1S/C16H21N3O4/c1-2-7-18(16(20)10-14-12-23-8-6-17-14)11-13-4-3-5-15(9-13)19(21)22/h2-5,9,14,17H,1,6-8,10-12H2. The van der Waals surface area contributed by atoms with Gasteiger partial charge in [-0.15, -0.1) is 6.58 Å². The molecule has 23 heavy (non-hydrogen) atoms. The Balaban J connectivity index is 2.02. The van der Waals surface area contributed by atoms with Crippen molar-refractivity contribution in [1.29, 1.82) is 0 Å². The molecule has 1 saturated heterocycles. The summed E-state index contributed by atoms with van der Waals surface area (Å²) >= 11 is 0. The van der Waals surface area contributed by atoms with Crippen molar-refractivity contribution in [2.75, 3.05) is 26.3 Å². The number of ether oxygens (including phenoxy) is 1. The monoisotopic (exact) mass is 319 g/mol. The molecule has 0 aromatic heterocycles. The summed E-state index contributed by atoms with van der Waals surface area (Å²) in [5, 5.41) is 14.1. The highest BCUT2D eigenvalue weighted by Crippen LogP contribution is 2.15. The van der Waals surface area contributed by atoms with E-state index in [0.29, 0.717) is 32.7 Å². The Morgan fingerprint density at radius 1 is 1.57 bits per heavy atom. The molecule has 1 unspecified atom stereocenters. The molecule has 1 amide bonds. The van der Waals surface area contributed by atoms with Gasteiger partial charge in [-0.1, -0.05) is 18.2 Å². The van der Waals surface area contributed by atoms with E-state index < -0.39 is 4.92 Å². The summed E-state index contributed by atoms with van der Waals surface area (Å²) in [7, 11) is 0. The quantitative estimate of drug-likeness (QED) is 0.467. The van der Waals surface area contributed by atoms with Crippen molar-refractivity contribution in [3.63, 3.8) is 0 Å². The number of nitro groups is 1. The number of hydrogen-bond acceptors (Lipinski definition) is 5. The second-order valence-corrected chi connectivity index (χ2v) is 5.42. The van der Waals surface area contributed by atoms with Crippen molar-refractivity contribution < 1.29 is 14.5 Å². The molecule has 1 aliphatic heterocycles. The van der Waals surface area contributed by atoms with Crippen molar-refractivity contribution in [3.8, 4) is 0 Å². The van der Waals surface area contributed by atoms with Gasteiger partial charge >= 0.3 is 0 Å². The molecule has 124 valence electrons. The van der Waals surface area contributed by atoms with Crippen LogP contribution >= 0.6 is 0 Å². The molecule has 1 heterocycles. The molecule has 7 nitrogen and oxygen atoms in total. The van der Waals surface area contributed by atoms with Gasteiger partial charge in [-0.3, -0.25) is 14.9 Å². The first kappa shape index (κ1) is 17.1. The third-order valence-corrected chi connectivity index (χ3v) is 3.62. The zero-order valence-electron chi connectivity index (χ0n) is 12.9. The number of non-ortho nitro benzene ring substituents is 1. The number of hydrogen-bond donors (Lipinski definition) is 1. The van der Waals surface area contributed by atoms with E-state index in [1.165, 1.54) is 12.1 Å². The number of morpholine rings is 1. The van der Waals surface area contributed by atoms with Crippen LogP contribution in [0, 0.1) is 10.1 Å². The molecular formula is C16H21N3O4. The van der Waals surface area contributed by atoms with Gasteiger partial charge in [0.15, 0.2) is 0 Å². The van der Waals surface area contributed by atoms with Crippen LogP contribution in [-0.4, -0.2) is 48.1 Å². The SMILES string of the molecule is C=CCN(Cc1cccc([N+](=O)[O-])c1)C(=O)CC1COCCN1. The highest BCUT2D eigenvalue weighted by atomic mass is 16.6. The summed E-state index contributed by atoms with van der Waals surface area (Å²) in [4.78, 5) is 24.5. The summed E-state index contributed by atoms with van der Waals surface area (Å²) in [5.41, 5.74) is 0.748. The van der Waals surface area contributed by atoms with Gasteiger partial charge in [0, 0.05) is 44.2 Å². The molecule has 0 aliphatic carbocycles. The van der Waals surface area contributed by atoms with Crippen LogP contribution in [0.25, 0.3) is 0 Å². The average molecular weight is 319 g/mol. The van der Waals surface area contributed by atoms with Gasteiger partial charge in [0.25, 0.3) is 5.69 Å². The topological polar surface area (TPSA) is 84.7 Å². The molecule has 1 N–H and O–H groups in total. The summed E-state index contributed by atoms with van der Waals surface area (Å²) in [5.74, 6) is -0.0283. The Kier molecular flexibility index (Phi) is 6.25. The van der Waals surface area contributed by atoms with Gasteiger partial charge < -0.3 is 15.0 Å². The number of nitrogens with zero attached hydrogens (tertiary/aromatic N) is 2. The van der Waals surface area contributed by atoms with E-state index in [4.69, 9.17) is 4.74 Å². The van der Waals surface area contributed by atoms with E-state index in [-0.39, 0.29) is 17.6 Å². The first-order chi connectivity index (χ1) is 11.1. The molecule has 1 fully saturated rings. The lowest BCUT2D eigenvalue weighted by molar-refractivity contribution is -0.384. The van der Waals surface area contributed by atoms with Crippen LogP contribution in [0.15, 0.2) is 36.9 Å². The summed E-state index contributed by atoms with van der Waals surface area (Å²) in [6.45, 7) is 6.31. The normalized spacial score (nSPS) is 17.5. The minimum Gasteiger partial charge on any atom is -0.378 e. The van der Waals surface area contributed by atoms with Gasteiger partial charge in [0.2, 0.25) is 5.91 Å². The Bertz CT molecular complexity index is 570. The van der Waals surface area contributed by atoms with E-state index in [0.717, 1.165) is 12.1 Å². The van der Waals surface area contributed by atoms with Gasteiger partial charge in [-0.25, -0.2) is 0 Å². The lowest BCUT2D eigenvalue weighted by Gasteiger charge is -2.27. The molecule has 7 heteroatoms. The van der Waals surface area contributed by atoms with Crippen molar-refractivity contribution >= 4 is 11.6 Å². The molecule has 1 atom stereocenters. The summed E-state index contributed by atoms with van der Waals surface area (Å²) in [6, 6.07) is 6.34. The number of nitro benzene ring substituents is 1.